The number of para-hydroxylation sites is 1. The summed E-state index contributed by atoms with van der Waals surface area (Å²) in [5, 5.41) is 1.83. The number of ether oxygens (including phenoxy) is 2. The summed E-state index contributed by atoms with van der Waals surface area (Å²) in [7, 11) is 0. The van der Waals surface area contributed by atoms with Crippen molar-refractivity contribution in [3.05, 3.63) is 34.5 Å². The molecule has 2 aliphatic heterocycles. The van der Waals surface area contributed by atoms with Gasteiger partial charge in [0, 0.05) is 42.8 Å². The summed E-state index contributed by atoms with van der Waals surface area (Å²) in [5.41, 5.74) is 3.32. The van der Waals surface area contributed by atoms with Gasteiger partial charge in [-0.2, -0.15) is 0 Å². The van der Waals surface area contributed by atoms with E-state index in [0.29, 0.717) is 19.7 Å². The van der Waals surface area contributed by atoms with Crippen LogP contribution in [0.2, 0.25) is 5.02 Å². The first-order valence-electron chi connectivity index (χ1n) is 8.47. The number of benzene rings is 1. The Hall–Kier alpha value is -1.56. The number of fused-ring (bicyclic) bond motifs is 3. The fourth-order valence-electron chi connectivity index (χ4n) is 3.56. The summed E-state index contributed by atoms with van der Waals surface area (Å²) >= 11 is 6.26. The molecule has 1 atom stereocenters. The topological polar surface area (TPSA) is 54.6 Å². The molecule has 1 aromatic heterocycles. The fraction of sp³-hybridized carbons (Fsp3) is 0.500. The van der Waals surface area contributed by atoms with Crippen molar-refractivity contribution in [2.24, 2.45) is 0 Å². The molecule has 1 N–H and O–H groups in total. The summed E-state index contributed by atoms with van der Waals surface area (Å²) in [5.74, 6) is 0.0371. The van der Waals surface area contributed by atoms with Crippen molar-refractivity contribution in [3.8, 4) is 0 Å². The Kier molecular flexibility index (Phi) is 4.48. The van der Waals surface area contributed by atoms with Crippen LogP contribution in [0.1, 0.15) is 24.1 Å². The lowest BCUT2D eigenvalue weighted by molar-refractivity contribution is -0.138. The molecule has 0 aliphatic carbocycles. The number of aromatic nitrogens is 1. The van der Waals surface area contributed by atoms with E-state index in [1.54, 1.807) is 0 Å². The molecule has 2 aromatic rings. The summed E-state index contributed by atoms with van der Waals surface area (Å²) in [6.07, 6.45) is 3.08. The second-order valence-corrected chi connectivity index (χ2v) is 6.87. The fourth-order valence-corrected chi connectivity index (χ4v) is 3.78. The number of nitrogens with zero attached hydrogens (tertiary/aromatic N) is 1. The highest BCUT2D eigenvalue weighted by molar-refractivity contribution is 6.35. The minimum Gasteiger partial charge on any atom is -0.376 e. The number of rotatable bonds is 4. The standard InChI is InChI=1S/C18H21ClN2O3/c19-15-5-1-4-13-14-9-21(7-6-16(14)20-18(13)15)17(22)11-23-10-12-3-2-8-24-12/h1,4-5,12,20H,2-3,6-11H2/t12-/m1/s1. The van der Waals surface area contributed by atoms with Crippen molar-refractivity contribution in [3.63, 3.8) is 0 Å². The molecule has 6 heteroatoms. The minimum absolute atomic E-state index is 0.0371. The van der Waals surface area contributed by atoms with Crippen molar-refractivity contribution in [1.29, 1.82) is 0 Å². The molecule has 1 amide bonds. The summed E-state index contributed by atoms with van der Waals surface area (Å²) in [6, 6.07) is 5.89. The molecule has 24 heavy (non-hydrogen) atoms. The average molecular weight is 349 g/mol. The average Bonchev–Trinajstić information content (AvgIpc) is 3.22. The molecule has 0 spiro atoms. The number of aromatic amines is 1. The number of hydrogen-bond donors (Lipinski definition) is 1. The van der Waals surface area contributed by atoms with Gasteiger partial charge in [-0.1, -0.05) is 23.7 Å². The van der Waals surface area contributed by atoms with Gasteiger partial charge in [-0.15, -0.1) is 0 Å². The molecule has 0 saturated carbocycles. The molecule has 0 unspecified atom stereocenters. The van der Waals surface area contributed by atoms with Crippen molar-refractivity contribution < 1.29 is 14.3 Å². The number of hydrogen-bond acceptors (Lipinski definition) is 3. The van der Waals surface area contributed by atoms with Gasteiger partial charge in [0.05, 0.1) is 23.3 Å². The van der Waals surface area contributed by atoms with E-state index in [2.05, 4.69) is 11.1 Å². The maximum Gasteiger partial charge on any atom is 0.248 e. The molecule has 1 aromatic carbocycles. The Morgan fingerprint density at radius 2 is 2.38 bits per heavy atom. The summed E-state index contributed by atoms with van der Waals surface area (Å²) < 4.78 is 11.1. The molecule has 3 heterocycles. The Morgan fingerprint density at radius 1 is 1.46 bits per heavy atom. The number of nitrogens with one attached hydrogen (secondary N) is 1. The lowest BCUT2D eigenvalue weighted by atomic mass is 10.0. The molecule has 2 aliphatic rings. The van der Waals surface area contributed by atoms with Crippen LogP contribution < -0.4 is 0 Å². The monoisotopic (exact) mass is 348 g/mol. The molecule has 5 nitrogen and oxygen atoms in total. The van der Waals surface area contributed by atoms with Gasteiger partial charge in [0.15, 0.2) is 0 Å². The number of H-pyrrole nitrogens is 1. The van der Waals surface area contributed by atoms with Crippen molar-refractivity contribution in [1.82, 2.24) is 9.88 Å². The lowest BCUT2D eigenvalue weighted by Gasteiger charge is -2.27. The summed E-state index contributed by atoms with van der Waals surface area (Å²) in [6.45, 7) is 2.75. The molecular formula is C18H21ClN2O3. The van der Waals surface area contributed by atoms with E-state index in [1.165, 1.54) is 11.3 Å². The van der Waals surface area contributed by atoms with Crippen LogP contribution in [0.4, 0.5) is 0 Å². The second kappa shape index (κ2) is 6.75. The van der Waals surface area contributed by atoms with Gasteiger partial charge < -0.3 is 19.4 Å². The predicted molar refractivity (Wildman–Crippen MR) is 92.2 cm³/mol. The molecule has 0 radical (unpaired) electrons. The zero-order valence-electron chi connectivity index (χ0n) is 13.5. The maximum absolute atomic E-state index is 12.4. The second-order valence-electron chi connectivity index (χ2n) is 6.46. The van der Waals surface area contributed by atoms with Crippen LogP contribution in [0.3, 0.4) is 0 Å². The minimum atomic E-state index is 0.0371. The quantitative estimate of drug-likeness (QED) is 0.924. The lowest BCUT2D eigenvalue weighted by Crippen LogP contribution is -2.38. The van der Waals surface area contributed by atoms with Gasteiger partial charge >= 0.3 is 0 Å². The molecule has 128 valence electrons. The highest BCUT2D eigenvalue weighted by Crippen LogP contribution is 2.31. The highest BCUT2D eigenvalue weighted by Gasteiger charge is 2.25. The Labute approximate surface area is 145 Å². The van der Waals surface area contributed by atoms with Crippen LogP contribution in [0.15, 0.2) is 18.2 Å². The van der Waals surface area contributed by atoms with Gasteiger partial charge in [-0.05, 0) is 18.9 Å². The Morgan fingerprint density at radius 3 is 3.21 bits per heavy atom. The van der Waals surface area contributed by atoms with Crippen LogP contribution in [-0.2, 0) is 27.2 Å². The molecule has 0 bridgehead atoms. The van der Waals surface area contributed by atoms with Crippen LogP contribution in [0.5, 0.6) is 0 Å². The van der Waals surface area contributed by atoms with E-state index >= 15 is 0 Å². The van der Waals surface area contributed by atoms with Gasteiger partial charge in [0.25, 0.3) is 0 Å². The van der Waals surface area contributed by atoms with E-state index in [-0.39, 0.29) is 18.6 Å². The smallest absolute Gasteiger partial charge is 0.248 e. The molecule has 4 rings (SSSR count). The van der Waals surface area contributed by atoms with Crippen LogP contribution in [-0.4, -0.2) is 48.3 Å². The van der Waals surface area contributed by atoms with Crippen molar-refractivity contribution in [2.75, 3.05) is 26.4 Å². The van der Waals surface area contributed by atoms with Crippen LogP contribution in [0.25, 0.3) is 10.9 Å². The van der Waals surface area contributed by atoms with Gasteiger partial charge in [0.1, 0.15) is 6.61 Å². The third-order valence-electron chi connectivity index (χ3n) is 4.87. The van der Waals surface area contributed by atoms with Crippen molar-refractivity contribution >= 4 is 28.4 Å². The van der Waals surface area contributed by atoms with E-state index < -0.39 is 0 Å². The molecule has 1 fully saturated rings. The zero-order valence-corrected chi connectivity index (χ0v) is 14.3. The first-order valence-corrected chi connectivity index (χ1v) is 8.85. The van der Waals surface area contributed by atoms with Crippen molar-refractivity contribution in [2.45, 2.75) is 31.9 Å². The van der Waals surface area contributed by atoms with Gasteiger partial charge in [-0.25, -0.2) is 0 Å². The van der Waals surface area contributed by atoms with Crippen LogP contribution >= 0.6 is 11.6 Å². The van der Waals surface area contributed by atoms with Crippen LogP contribution in [0, 0.1) is 0 Å². The molecule has 1 saturated heterocycles. The third kappa shape index (κ3) is 3.04. The zero-order chi connectivity index (χ0) is 16.5. The highest BCUT2D eigenvalue weighted by atomic mass is 35.5. The van der Waals surface area contributed by atoms with E-state index in [9.17, 15) is 4.79 Å². The molecular weight excluding hydrogens is 328 g/mol. The summed E-state index contributed by atoms with van der Waals surface area (Å²) in [4.78, 5) is 17.7. The number of halogens is 1. The van der Waals surface area contributed by atoms with Gasteiger partial charge in [0.2, 0.25) is 5.91 Å². The number of carbonyl (C=O) groups is 1. The van der Waals surface area contributed by atoms with E-state index in [0.717, 1.165) is 41.8 Å². The third-order valence-corrected chi connectivity index (χ3v) is 5.18. The predicted octanol–water partition coefficient (Wildman–Crippen LogP) is 2.90. The van der Waals surface area contributed by atoms with E-state index in [1.807, 2.05) is 17.0 Å². The normalized spacial score (nSPS) is 20.5. The largest absolute Gasteiger partial charge is 0.376 e. The number of carbonyl (C=O) groups excluding carboxylic acids is 1. The first kappa shape index (κ1) is 15.9. The first-order chi connectivity index (χ1) is 11.7. The van der Waals surface area contributed by atoms with E-state index in [4.69, 9.17) is 21.1 Å². The Balaban J connectivity index is 1.41. The van der Waals surface area contributed by atoms with Gasteiger partial charge in [-0.3, -0.25) is 4.79 Å². The Bertz CT molecular complexity index is 752. The SMILES string of the molecule is O=C(COC[C@H]1CCCO1)N1CCc2[nH]c3c(Cl)cccc3c2C1. The maximum atomic E-state index is 12.4. The number of amides is 1.